The summed E-state index contributed by atoms with van der Waals surface area (Å²) in [5, 5.41) is 102. The molecular weight excluding hydrogens is 542 g/mol. The predicted octanol–water partition coefficient (Wildman–Crippen LogP) is -4.24. The van der Waals surface area contributed by atoms with Crippen molar-refractivity contribution >= 4 is 0 Å². The van der Waals surface area contributed by atoms with Crippen molar-refractivity contribution in [1.82, 2.24) is 4.57 Å². The van der Waals surface area contributed by atoms with E-state index in [2.05, 4.69) is 0 Å². The lowest BCUT2D eigenvalue weighted by Gasteiger charge is -2.40. The lowest BCUT2D eigenvalue weighted by atomic mass is 9.86. The van der Waals surface area contributed by atoms with E-state index in [0.717, 1.165) is 0 Å². The molecule has 6 unspecified atom stereocenters. The molecule has 0 radical (unpaired) electrons. The van der Waals surface area contributed by atoms with E-state index in [-0.39, 0.29) is 36.0 Å². The molecule has 0 aromatic carbocycles. The molecule has 0 saturated carbocycles. The van der Waals surface area contributed by atoms with Gasteiger partial charge in [-0.1, -0.05) is 0 Å². The minimum atomic E-state index is -1.69. The molecule has 226 valence electrons. The average Bonchev–Trinajstić information content (AvgIpc) is 3.56. The minimum absolute atomic E-state index is 0.193. The molecule has 40 heavy (non-hydrogen) atoms. The van der Waals surface area contributed by atoms with E-state index in [1.807, 2.05) is 0 Å². The first kappa shape index (κ1) is 29.6. The second kappa shape index (κ2) is 11.1. The molecule has 0 spiro atoms. The van der Waals surface area contributed by atoms with Gasteiger partial charge in [0.1, 0.15) is 60.5 Å². The molecule has 2 fully saturated rings. The first-order valence-electron chi connectivity index (χ1n) is 12.9. The van der Waals surface area contributed by atoms with Gasteiger partial charge in [-0.05, 0) is 18.6 Å². The zero-order valence-corrected chi connectivity index (χ0v) is 21.4. The number of rotatable bonds is 9. The topological polar surface area (TPSA) is 253 Å². The maximum Gasteiger partial charge on any atom is 0.200 e. The van der Waals surface area contributed by atoms with Crippen molar-refractivity contribution in [1.29, 1.82) is 0 Å². The SMILES string of the molecule is CCn1c(O)c2c(c1O)C1(CO[C@@H]3OC(CO)[C@H](O)[C@H](O)C3O)C=C(CO[C@@H]3OC(CO)[C@H](O)[C@H](O)C3O)C2O1. The highest BCUT2D eigenvalue weighted by Gasteiger charge is 2.57. The molecule has 4 aliphatic rings. The van der Waals surface area contributed by atoms with E-state index in [0.29, 0.717) is 5.57 Å². The Morgan fingerprint density at radius 1 is 0.800 bits per heavy atom. The van der Waals surface area contributed by atoms with Crippen LogP contribution >= 0.6 is 0 Å². The summed E-state index contributed by atoms with van der Waals surface area (Å²) in [6, 6.07) is 0. The van der Waals surface area contributed by atoms with Crippen LogP contribution in [-0.2, 0) is 35.8 Å². The van der Waals surface area contributed by atoms with E-state index < -0.39 is 92.9 Å². The lowest BCUT2D eigenvalue weighted by molar-refractivity contribution is -0.308. The Kier molecular flexibility index (Phi) is 8.19. The Morgan fingerprint density at radius 3 is 1.88 bits per heavy atom. The fraction of sp³-hybridized carbons (Fsp3) is 0.750. The lowest BCUT2D eigenvalue weighted by Crippen LogP contribution is -2.59. The number of ether oxygens (including phenoxy) is 5. The molecule has 1 aromatic heterocycles. The molecule has 2 bridgehead atoms. The average molecular weight is 578 g/mol. The zero-order valence-electron chi connectivity index (χ0n) is 21.4. The molecule has 0 aliphatic carbocycles. The van der Waals surface area contributed by atoms with Gasteiger partial charge in [-0.25, -0.2) is 0 Å². The Hall–Kier alpha value is -1.90. The summed E-state index contributed by atoms with van der Waals surface area (Å²) in [4.78, 5) is 0. The summed E-state index contributed by atoms with van der Waals surface area (Å²) in [6.07, 6.45) is -14.5. The van der Waals surface area contributed by atoms with Crippen molar-refractivity contribution < 1.29 is 74.7 Å². The standard InChI is InChI=1S/C24H35NO15/c1-2-25-20(34)11-12(21(25)35)24(7-37-23-18(33)16(31)14(29)10(5-27)39-23)3-8(19(11)40-24)6-36-22-17(32)15(30)13(28)9(4-26)38-22/h3,9-10,13-19,22-23,26-35H,2,4-7H2,1H3/t9?,10?,13-,14-,15-,16-,17?,18?,19?,22+,23+,24?/m0/s1. The van der Waals surface area contributed by atoms with Crippen molar-refractivity contribution in [2.24, 2.45) is 0 Å². The largest absolute Gasteiger partial charge is 0.494 e. The van der Waals surface area contributed by atoms with E-state index in [9.17, 15) is 51.1 Å². The van der Waals surface area contributed by atoms with E-state index in [1.165, 1.54) is 4.57 Å². The van der Waals surface area contributed by atoms with Crippen LogP contribution < -0.4 is 0 Å². The highest BCUT2D eigenvalue weighted by Crippen LogP contribution is 2.60. The van der Waals surface area contributed by atoms with Crippen LogP contribution in [0.1, 0.15) is 24.2 Å². The van der Waals surface area contributed by atoms with Gasteiger partial charge >= 0.3 is 0 Å². The van der Waals surface area contributed by atoms with E-state index in [4.69, 9.17) is 23.7 Å². The monoisotopic (exact) mass is 577 g/mol. The van der Waals surface area contributed by atoms with Crippen LogP contribution in [-0.4, -0.2) is 143 Å². The Balaban J connectivity index is 1.39. The van der Waals surface area contributed by atoms with E-state index >= 15 is 0 Å². The number of hydrogen-bond donors (Lipinski definition) is 10. The predicted molar refractivity (Wildman–Crippen MR) is 126 cm³/mol. The van der Waals surface area contributed by atoms with Crippen LogP contribution in [0.4, 0.5) is 0 Å². The van der Waals surface area contributed by atoms with Gasteiger partial charge in [0, 0.05) is 6.54 Å². The highest BCUT2D eigenvalue weighted by atomic mass is 16.7. The molecule has 2 saturated heterocycles. The number of fused-ring (bicyclic) bond motifs is 5. The number of nitrogens with zero attached hydrogens (tertiary/aromatic N) is 1. The molecule has 16 heteroatoms. The quantitative estimate of drug-likeness (QED) is 0.125. The first-order chi connectivity index (χ1) is 19.0. The Labute approximate surface area is 227 Å². The van der Waals surface area contributed by atoms with Crippen molar-refractivity contribution in [3.8, 4) is 11.8 Å². The number of hydrogen-bond acceptors (Lipinski definition) is 15. The minimum Gasteiger partial charge on any atom is -0.494 e. The number of aromatic nitrogens is 1. The molecule has 0 amide bonds. The third kappa shape index (κ3) is 4.53. The molecule has 5 heterocycles. The normalized spacial score (nSPS) is 42.7. The molecule has 16 nitrogen and oxygen atoms in total. The smallest absolute Gasteiger partial charge is 0.200 e. The van der Waals surface area contributed by atoms with Crippen molar-refractivity contribution in [2.75, 3.05) is 26.4 Å². The third-order valence-electron chi connectivity index (χ3n) is 7.90. The van der Waals surface area contributed by atoms with Crippen molar-refractivity contribution in [3.63, 3.8) is 0 Å². The maximum atomic E-state index is 10.9. The van der Waals surface area contributed by atoms with Crippen LogP contribution in [0.5, 0.6) is 11.8 Å². The fourth-order valence-electron chi connectivity index (χ4n) is 5.71. The van der Waals surface area contributed by atoms with Crippen LogP contribution in [0.2, 0.25) is 0 Å². The van der Waals surface area contributed by atoms with Crippen LogP contribution in [0.25, 0.3) is 0 Å². The third-order valence-corrected chi connectivity index (χ3v) is 7.90. The van der Waals surface area contributed by atoms with Crippen molar-refractivity contribution in [3.05, 3.63) is 22.8 Å². The molecule has 1 aromatic rings. The van der Waals surface area contributed by atoms with Gasteiger partial charge in [0.15, 0.2) is 12.6 Å². The van der Waals surface area contributed by atoms with Crippen LogP contribution in [0.15, 0.2) is 11.6 Å². The summed E-state index contributed by atoms with van der Waals surface area (Å²) in [5.74, 6) is -0.562. The van der Waals surface area contributed by atoms with Gasteiger partial charge in [-0.15, -0.1) is 0 Å². The fourth-order valence-corrected chi connectivity index (χ4v) is 5.71. The van der Waals surface area contributed by atoms with Crippen LogP contribution in [0.3, 0.4) is 0 Å². The first-order valence-corrected chi connectivity index (χ1v) is 12.9. The van der Waals surface area contributed by atoms with Crippen LogP contribution in [0, 0.1) is 0 Å². The molecule has 10 N–H and O–H groups in total. The van der Waals surface area contributed by atoms with Gasteiger partial charge in [0.2, 0.25) is 11.8 Å². The second-order valence-corrected chi connectivity index (χ2v) is 10.3. The molecule has 5 rings (SSSR count). The van der Waals surface area contributed by atoms with Gasteiger partial charge in [0.25, 0.3) is 0 Å². The Morgan fingerprint density at radius 2 is 1.35 bits per heavy atom. The molecule has 4 aliphatic heterocycles. The van der Waals surface area contributed by atoms with Gasteiger partial charge in [-0.3, -0.25) is 4.57 Å². The summed E-state index contributed by atoms with van der Waals surface area (Å²) in [5.41, 5.74) is -0.704. The number of aromatic hydroxyl groups is 2. The van der Waals surface area contributed by atoms with Gasteiger partial charge in [-0.2, -0.15) is 0 Å². The molecule has 12 atom stereocenters. The summed E-state index contributed by atoms with van der Waals surface area (Å²) >= 11 is 0. The highest BCUT2D eigenvalue weighted by molar-refractivity contribution is 5.60. The summed E-state index contributed by atoms with van der Waals surface area (Å²) in [7, 11) is 0. The second-order valence-electron chi connectivity index (χ2n) is 10.3. The maximum absolute atomic E-state index is 10.9. The van der Waals surface area contributed by atoms with E-state index in [1.54, 1.807) is 13.0 Å². The van der Waals surface area contributed by atoms with Gasteiger partial charge < -0.3 is 74.7 Å². The Bertz CT molecular complexity index is 1110. The van der Waals surface area contributed by atoms with Crippen molar-refractivity contribution in [2.45, 2.75) is 86.6 Å². The zero-order chi connectivity index (χ0) is 29.1. The summed E-state index contributed by atoms with van der Waals surface area (Å²) < 4.78 is 29.6. The van der Waals surface area contributed by atoms with Gasteiger partial charge in [0.05, 0.1) is 37.6 Å². The number of aliphatic hydroxyl groups excluding tert-OH is 8. The summed E-state index contributed by atoms with van der Waals surface area (Å²) in [6.45, 7) is -0.0803. The number of aliphatic hydroxyl groups is 8. The molecular formula is C24H35NO15.